The van der Waals surface area contributed by atoms with Crippen LogP contribution in [0.3, 0.4) is 0 Å². The molecular weight excluding hydrogens is 450 g/mol. The van der Waals surface area contributed by atoms with Gasteiger partial charge in [0.15, 0.2) is 0 Å². The molecule has 0 saturated carbocycles. The Balaban J connectivity index is 1.31. The molecule has 4 N–H and O–H groups in total. The monoisotopic (exact) mass is 491 g/mol. The summed E-state index contributed by atoms with van der Waals surface area (Å²) in [6, 6.07) is 13.3. The van der Waals surface area contributed by atoms with Crippen molar-refractivity contribution >= 4 is 5.91 Å². The number of nitrogens with one attached hydrogen (secondary N) is 2. The highest BCUT2D eigenvalue weighted by Gasteiger charge is 2.38. The van der Waals surface area contributed by atoms with Gasteiger partial charge in [0, 0.05) is 37.8 Å². The van der Waals surface area contributed by atoms with Crippen molar-refractivity contribution in [3.8, 4) is 11.5 Å². The standard InChI is InChI=1S/C30H41N3O3/c1-20(2)28(19-33-13-12-30(4,21(3)18-33)24-6-5-7-26(34)16-24)32-29(36)11-9-25-14-22-8-10-27(35)15-23(22)17-31-25/h5-11,15-16,20-21,25,28,31,34-35H,12-14,17-19H2,1-4H3,(H,32,36)/b11-9+/t21-,25?,28+,30+/m0/s1. The average Bonchev–Trinajstić information content (AvgIpc) is 2.84. The average molecular weight is 492 g/mol. The Morgan fingerprint density at radius 1 is 1.19 bits per heavy atom. The molecule has 1 saturated heterocycles. The lowest BCUT2D eigenvalue weighted by Gasteiger charge is -2.46. The van der Waals surface area contributed by atoms with Gasteiger partial charge in [-0.3, -0.25) is 4.79 Å². The third kappa shape index (κ3) is 6.11. The molecule has 0 radical (unpaired) electrons. The van der Waals surface area contributed by atoms with Crippen molar-refractivity contribution in [1.29, 1.82) is 0 Å². The molecule has 2 aliphatic rings. The van der Waals surface area contributed by atoms with E-state index in [1.807, 2.05) is 24.3 Å². The van der Waals surface area contributed by atoms with Crippen molar-refractivity contribution in [2.75, 3.05) is 19.6 Å². The first-order valence-corrected chi connectivity index (χ1v) is 13.2. The Morgan fingerprint density at radius 2 is 1.97 bits per heavy atom. The lowest BCUT2D eigenvalue weighted by molar-refractivity contribution is -0.117. The van der Waals surface area contributed by atoms with Crippen molar-refractivity contribution in [1.82, 2.24) is 15.5 Å². The van der Waals surface area contributed by atoms with Crippen molar-refractivity contribution in [2.24, 2.45) is 11.8 Å². The number of phenolic OH excluding ortho intramolecular Hbond substituents is 2. The predicted octanol–water partition coefficient (Wildman–Crippen LogP) is 4.11. The normalized spacial score (nSPS) is 25.6. The van der Waals surface area contributed by atoms with Crippen LogP contribution in [0.4, 0.5) is 0 Å². The Morgan fingerprint density at radius 3 is 2.69 bits per heavy atom. The van der Waals surface area contributed by atoms with Crippen LogP contribution in [0.25, 0.3) is 0 Å². The largest absolute Gasteiger partial charge is 0.508 e. The van der Waals surface area contributed by atoms with E-state index in [0.717, 1.165) is 38.0 Å². The highest BCUT2D eigenvalue weighted by molar-refractivity contribution is 5.87. The second kappa shape index (κ2) is 11.1. The summed E-state index contributed by atoms with van der Waals surface area (Å²) in [5.74, 6) is 1.31. The zero-order chi connectivity index (χ0) is 25.9. The van der Waals surface area contributed by atoms with Crippen LogP contribution in [0.5, 0.6) is 11.5 Å². The molecule has 0 spiro atoms. The van der Waals surface area contributed by atoms with Crippen LogP contribution in [0.1, 0.15) is 50.8 Å². The van der Waals surface area contributed by atoms with Crippen molar-refractivity contribution < 1.29 is 15.0 Å². The minimum absolute atomic E-state index is 0.0267. The molecule has 1 fully saturated rings. The molecule has 2 aromatic rings. The number of benzene rings is 2. The molecule has 0 bridgehead atoms. The zero-order valence-corrected chi connectivity index (χ0v) is 22.0. The summed E-state index contributed by atoms with van der Waals surface area (Å²) in [7, 11) is 0. The number of hydrogen-bond donors (Lipinski definition) is 4. The second-order valence-corrected chi connectivity index (χ2v) is 11.2. The number of nitrogens with zero attached hydrogens (tertiary/aromatic N) is 1. The van der Waals surface area contributed by atoms with Gasteiger partial charge in [0.05, 0.1) is 0 Å². The number of carbonyl (C=O) groups excluding carboxylic acids is 1. The summed E-state index contributed by atoms with van der Waals surface area (Å²) >= 11 is 0. The highest BCUT2D eigenvalue weighted by atomic mass is 16.3. The molecule has 4 atom stereocenters. The van der Waals surface area contributed by atoms with Crippen molar-refractivity contribution in [2.45, 2.75) is 64.6 Å². The molecular formula is C30H41N3O3. The molecule has 1 amide bonds. The number of amides is 1. The lowest BCUT2D eigenvalue weighted by atomic mass is 9.68. The Bertz CT molecular complexity index is 1100. The predicted molar refractivity (Wildman–Crippen MR) is 144 cm³/mol. The maximum Gasteiger partial charge on any atom is 0.243 e. The number of carbonyl (C=O) groups is 1. The second-order valence-electron chi connectivity index (χ2n) is 11.2. The fourth-order valence-corrected chi connectivity index (χ4v) is 5.57. The van der Waals surface area contributed by atoms with E-state index in [1.54, 1.807) is 24.3 Å². The van der Waals surface area contributed by atoms with Gasteiger partial charge < -0.3 is 25.7 Å². The highest BCUT2D eigenvalue weighted by Crippen LogP contribution is 2.40. The Kier molecular flexibility index (Phi) is 8.06. The van der Waals surface area contributed by atoms with E-state index in [-0.39, 0.29) is 29.2 Å². The van der Waals surface area contributed by atoms with E-state index in [2.05, 4.69) is 49.3 Å². The molecule has 0 aliphatic carbocycles. The van der Waals surface area contributed by atoms with Gasteiger partial charge in [0.1, 0.15) is 11.5 Å². The van der Waals surface area contributed by atoms with Gasteiger partial charge in [-0.25, -0.2) is 0 Å². The number of phenols is 2. The van der Waals surface area contributed by atoms with Crippen LogP contribution in [-0.2, 0) is 23.2 Å². The molecule has 0 aromatic heterocycles. The number of hydrogen-bond acceptors (Lipinski definition) is 5. The molecule has 4 rings (SSSR count). The maximum absolute atomic E-state index is 12.8. The van der Waals surface area contributed by atoms with Crippen molar-refractivity contribution in [3.05, 3.63) is 71.3 Å². The molecule has 36 heavy (non-hydrogen) atoms. The van der Waals surface area contributed by atoms with Gasteiger partial charge in [-0.05, 0) is 77.6 Å². The van der Waals surface area contributed by atoms with E-state index in [9.17, 15) is 15.0 Å². The number of rotatable bonds is 7. The van der Waals surface area contributed by atoms with Gasteiger partial charge in [-0.2, -0.15) is 0 Å². The van der Waals surface area contributed by atoms with Crippen LogP contribution in [0.15, 0.2) is 54.6 Å². The van der Waals surface area contributed by atoms with Crippen LogP contribution < -0.4 is 10.6 Å². The van der Waals surface area contributed by atoms with E-state index in [1.165, 1.54) is 11.1 Å². The van der Waals surface area contributed by atoms with Gasteiger partial charge in [0.2, 0.25) is 5.91 Å². The fourth-order valence-electron chi connectivity index (χ4n) is 5.57. The van der Waals surface area contributed by atoms with Gasteiger partial charge in [-0.15, -0.1) is 0 Å². The Hall–Kier alpha value is -2.83. The summed E-state index contributed by atoms with van der Waals surface area (Å²) < 4.78 is 0. The lowest BCUT2D eigenvalue weighted by Crippen LogP contribution is -2.53. The Labute approximate surface area is 215 Å². The number of aromatic hydroxyl groups is 2. The number of piperidine rings is 1. The molecule has 2 aromatic carbocycles. The fraction of sp³-hybridized carbons (Fsp3) is 0.500. The number of likely N-dealkylation sites (tertiary alicyclic amines) is 1. The molecule has 2 aliphatic heterocycles. The van der Waals surface area contributed by atoms with Gasteiger partial charge in [0.25, 0.3) is 0 Å². The molecule has 194 valence electrons. The first kappa shape index (κ1) is 26.2. The molecule has 6 nitrogen and oxygen atoms in total. The third-order valence-corrected chi connectivity index (χ3v) is 8.32. The summed E-state index contributed by atoms with van der Waals surface area (Å²) in [5.41, 5.74) is 3.54. The number of fused-ring (bicyclic) bond motifs is 1. The topological polar surface area (TPSA) is 84.8 Å². The van der Waals surface area contributed by atoms with Crippen LogP contribution in [-0.4, -0.2) is 52.7 Å². The van der Waals surface area contributed by atoms with Crippen molar-refractivity contribution in [3.63, 3.8) is 0 Å². The first-order valence-electron chi connectivity index (χ1n) is 13.2. The quantitative estimate of drug-likeness (QED) is 0.438. The van der Waals surface area contributed by atoms with E-state index < -0.39 is 0 Å². The zero-order valence-electron chi connectivity index (χ0n) is 22.0. The van der Waals surface area contributed by atoms with E-state index in [0.29, 0.717) is 24.1 Å². The van der Waals surface area contributed by atoms with Crippen LogP contribution in [0.2, 0.25) is 0 Å². The summed E-state index contributed by atoms with van der Waals surface area (Å²) in [4.78, 5) is 15.3. The minimum Gasteiger partial charge on any atom is -0.508 e. The minimum atomic E-state index is -0.0540. The summed E-state index contributed by atoms with van der Waals surface area (Å²) in [5, 5.41) is 26.3. The molecule has 6 heteroatoms. The van der Waals surface area contributed by atoms with Crippen LogP contribution in [0, 0.1) is 11.8 Å². The molecule has 1 unspecified atom stereocenters. The maximum atomic E-state index is 12.8. The molecule has 2 heterocycles. The third-order valence-electron chi connectivity index (χ3n) is 8.32. The summed E-state index contributed by atoms with van der Waals surface area (Å²) in [6.45, 7) is 12.4. The van der Waals surface area contributed by atoms with E-state index >= 15 is 0 Å². The first-order chi connectivity index (χ1) is 17.1. The van der Waals surface area contributed by atoms with E-state index in [4.69, 9.17) is 0 Å². The van der Waals surface area contributed by atoms with Gasteiger partial charge >= 0.3 is 0 Å². The van der Waals surface area contributed by atoms with Gasteiger partial charge in [-0.1, -0.05) is 52.0 Å². The SMILES string of the molecule is CC(C)[C@@H](CN1CC[C@@](C)(c2cccc(O)c2)[C@@H](C)C1)NC(=O)/C=C/C1Cc2ccc(O)cc2CN1. The van der Waals surface area contributed by atoms with Crippen LogP contribution >= 0.6 is 0 Å². The smallest absolute Gasteiger partial charge is 0.243 e. The summed E-state index contributed by atoms with van der Waals surface area (Å²) in [6.07, 6.45) is 5.43.